The van der Waals surface area contributed by atoms with E-state index in [1.165, 1.54) is 21.6 Å². The van der Waals surface area contributed by atoms with E-state index < -0.39 is 0 Å². The minimum Gasteiger partial charge on any atom is -0.488 e. The highest BCUT2D eigenvalue weighted by molar-refractivity contribution is 7.10. The Morgan fingerprint density at radius 3 is 2.70 bits per heavy atom. The molecule has 104 valence electrons. The molecular weight excluding hydrogens is 266 g/mol. The number of rotatable bonds is 3. The molecule has 2 rings (SSSR count). The van der Waals surface area contributed by atoms with Crippen LogP contribution in [0.1, 0.15) is 27.1 Å². The first-order valence-electron chi connectivity index (χ1n) is 6.57. The molecule has 20 heavy (non-hydrogen) atoms. The van der Waals surface area contributed by atoms with E-state index in [0.717, 1.165) is 11.3 Å². The zero-order chi connectivity index (χ0) is 14.5. The molecule has 1 aromatic carbocycles. The van der Waals surface area contributed by atoms with Crippen LogP contribution in [0.2, 0.25) is 0 Å². The van der Waals surface area contributed by atoms with Gasteiger partial charge in [-0.3, -0.25) is 0 Å². The standard InChI is InChI=1S/C17H19NOS/c1-12-6-7-13(2)17(14(12)3)19-10-16-9-15(11-20-16)5-4-8-18/h6-7,9,11H,8,10,18H2,1-3H3. The average molecular weight is 285 g/mol. The second-order valence-electron chi connectivity index (χ2n) is 4.75. The number of benzene rings is 1. The van der Waals surface area contributed by atoms with E-state index in [1.807, 2.05) is 5.38 Å². The van der Waals surface area contributed by atoms with Crippen LogP contribution in [0.15, 0.2) is 23.6 Å². The van der Waals surface area contributed by atoms with Gasteiger partial charge in [0.05, 0.1) is 6.54 Å². The first kappa shape index (κ1) is 14.6. The molecule has 0 bridgehead atoms. The van der Waals surface area contributed by atoms with Gasteiger partial charge in [-0.1, -0.05) is 24.0 Å². The Morgan fingerprint density at radius 2 is 1.95 bits per heavy atom. The van der Waals surface area contributed by atoms with E-state index in [0.29, 0.717) is 13.2 Å². The first-order valence-corrected chi connectivity index (χ1v) is 7.45. The lowest BCUT2D eigenvalue weighted by molar-refractivity contribution is 0.305. The molecule has 0 fully saturated rings. The Kier molecular flexibility index (Phi) is 4.84. The molecule has 0 saturated carbocycles. The van der Waals surface area contributed by atoms with Crippen LogP contribution in [0.4, 0.5) is 0 Å². The molecule has 2 aromatic rings. The zero-order valence-electron chi connectivity index (χ0n) is 12.1. The molecule has 0 aliphatic carbocycles. The number of nitrogens with two attached hydrogens (primary N) is 1. The summed E-state index contributed by atoms with van der Waals surface area (Å²) in [6.45, 7) is 7.26. The van der Waals surface area contributed by atoms with E-state index in [2.05, 4.69) is 50.8 Å². The van der Waals surface area contributed by atoms with E-state index in [9.17, 15) is 0 Å². The SMILES string of the molecule is Cc1ccc(C)c(OCc2cc(C#CCN)cs2)c1C. The van der Waals surface area contributed by atoms with E-state index in [-0.39, 0.29) is 0 Å². The number of hydrogen-bond acceptors (Lipinski definition) is 3. The Morgan fingerprint density at radius 1 is 1.20 bits per heavy atom. The second-order valence-corrected chi connectivity index (χ2v) is 5.75. The maximum Gasteiger partial charge on any atom is 0.125 e. The van der Waals surface area contributed by atoms with E-state index in [4.69, 9.17) is 10.5 Å². The highest BCUT2D eigenvalue weighted by atomic mass is 32.1. The Labute approximate surface area is 124 Å². The maximum atomic E-state index is 5.99. The molecule has 2 nitrogen and oxygen atoms in total. The van der Waals surface area contributed by atoms with Gasteiger partial charge in [-0.15, -0.1) is 11.3 Å². The summed E-state index contributed by atoms with van der Waals surface area (Å²) in [4.78, 5) is 1.17. The molecule has 1 heterocycles. The highest BCUT2D eigenvalue weighted by Gasteiger charge is 2.07. The fourth-order valence-electron chi connectivity index (χ4n) is 1.97. The largest absolute Gasteiger partial charge is 0.488 e. The molecular formula is C17H19NOS. The van der Waals surface area contributed by atoms with Crippen molar-refractivity contribution in [2.24, 2.45) is 5.73 Å². The van der Waals surface area contributed by atoms with E-state index in [1.54, 1.807) is 11.3 Å². The van der Waals surface area contributed by atoms with Crippen LogP contribution in [-0.4, -0.2) is 6.54 Å². The molecule has 0 unspecified atom stereocenters. The van der Waals surface area contributed by atoms with Crippen LogP contribution in [0.3, 0.4) is 0 Å². The van der Waals surface area contributed by atoms with Gasteiger partial charge in [-0.25, -0.2) is 0 Å². The van der Waals surface area contributed by atoms with Gasteiger partial charge < -0.3 is 10.5 Å². The normalized spacial score (nSPS) is 10.0. The summed E-state index contributed by atoms with van der Waals surface area (Å²) in [7, 11) is 0. The van der Waals surface area contributed by atoms with Crippen LogP contribution in [0, 0.1) is 32.6 Å². The summed E-state index contributed by atoms with van der Waals surface area (Å²) in [5, 5.41) is 2.04. The molecule has 0 aliphatic heterocycles. The Balaban J connectivity index is 2.09. The van der Waals surface area contributed by atoms with Crippen LogP contribution in [0.25, 0.3) is 0 Å². The van der Waals surface area contributed by atoms with Crippen molar-refractivity contribution in [1.82, 2.24) is 0 Å². The molecule has 1 aromatic heterocycles. The van der Waals surface area contributed by atoms with Gasteiger partial charge in [-0.05, 0) is 43.5 Å². The second kappa shape index (κ2) is 6.60. The summed E-state index contributed by atoms with van der Waals surface area (Å²) in [5.74, 6) is 6.89. The maximum absolute atomic E-state index is 5.99. The number of thiophene rings is 1. The molecule has 0 atom stereocenters. The van der Waals surface area contributed by atoms with Gasteiger partial charge in [0.25, 0.3) is 0 Å². The lowest BCUT2D eigenvalue weighted by atomic mass is 10.1. The number of aryl methyl sites for hydroxylation is 2. The van der Waals surface area contributed by atoms with Crippen molar-refractivity contribution >= 4 is 11.3 Å². The van der Waals surface area contributed by atoms with Crippen molar-refractivity contribution < 1.29 is 4.74 Å². The van der Waals surface area contributed by atoms with Crippen molar-refractivity contribution in [3.8, 4) is 17.6 Å². The third-order valence-electron chi connectivity index (χ3n) is 3.22. The van der Waals surface area contributed by atoms with Gasteiger partial charge in [-0.2, -0.15) is 0 Å². The third-order valence-corrected chi connectivity index (χ3v) is 4.13. The quantitative estimate of drug-likeness (QED) is 0.875. The fraction of sp³-hybridized carbons (Fsp3) is 0.294. The summed E-state index contributed by atoms with van der Waals surface area (Å²) < 4.78 is 5.99. The molecule has 0 amide bonds. The van der Waals surface area contributed by atoms with Crippen molar-refractivity contribution in [2.45, 2.75) is 27.4 Å². The van der Waals surface area contributed by atoms with E-state index >= 15 is 0 Å². The summed E-state index contributed by atoms with van der Waals surface area (Å²) in [5.41, 5.74) is 10.0. The molecule has 0 saturated heterocycles. The number of hydrogen-bond donors (Lipinski definition) is 1. The van der Waals surface area contributed by atoms with Gasteiger partial charge in [0, 0.05) is 15.8 Å². The van der Waals surface area contributed by atoms with Crippen molar-refractivity contribution in [3.05, 3.63) is 50.7 Å². The molecule has 2 N–H and O–H groups in total. The van der Waals surface area contributed by atoms with Crippen LogP contribution in [0.5, 0.6) is 5.75 Å². The topological polar surface area (TPSA) is 35.2 Å². The van der Waals surface area contributed by atoms with Gasteiger partial charge in [0.15, 0.2) is 0 Å². The minimum absolute atomic E-state index is 0.392. The van der Waals surface area contributed by atoms with Gasteiger partial charge >= 0.3 is 0 Å². The Hall–Kier alpha value is -1.76. The third kappa shape index (κ3) is 3.41. The lowest BCUT2D eigenvalue weighted by Gasteiger charge is -2.13. The monoisotopic (exact) mass is 285 g/mol. The first-order chi connectivity index (χ1) is 9.61. The van der Waals surface area contributed by atoms with Gasteiger partial charge in [0.2, 0.25) is 0 Å². The summed E-state index contributed by atoms with van der Waals surface area (Å²) in [6, 6.07) is 6.29. The summed E-state index contributed by atoms with van der Waals surface area (Å²) >= 11 is 1.67. The van der Waals surface area contributed by atoms with Crippen molar-refractivity contribution in [1.29, 1.82) is 0 Å². The van der Waals surface area contributed by atoms with Gasteiger partial charge in [0.1, 0.15) is 12.4 Å². The molecule has 0 spiro atoms. The smallest absolute Gasteiger partial charge is 0.125 e. The van der Waals surface area contributed by atoms with Crippen molar-refractivity contribution in [3.63, 3.8) is 0 Å². The lowest BCUT2D eigenvalue weighted by Crippen LogP contribution is -1.98. The predicted octanol–water partition coefficient (Wildman–Crippen LogP) is 3.56. The fourth-order valence-corrected chi connectivity index (χ4v) is 2.69. The van der Waals surface area contributed by atoms with Crippen molar-refractivity contribution in [2.75, 3.05) is 6.54 Å². The molecule has 3 heteroatoms. The van der Waals surface area contributed by atoms with Crippen LogP contribution < -0.4 is 10.5 Å². The zero-order valence-corrected chi connectivity index (χ0v) is 12.9. The minimum atomic E-state index is 0.392. The van der Waals surface area contributed by atoms with Crippen LogP contribution in [-0.2, 0) is 6.61 Å². The average Bonchev–Trinajstić information content (AvgIpc) is 2.89. The number of ether oxygens (including phenoxy) is 1. The Bertz CT molecular complexity index is 661. The predicted molar refractivity (Wildman–Crippen MR) is 85.2 cm³/mol. The highest BCUT2D eigenvalue weighted by Crippen LogP contribution is 2.27. The van der Waals surface area contributed by atoms with Crippen LogP contribution >= 0.6 is 11.3 Å². The molecule has 0 aliphatic rings. The molecule has 0 radical (unpaired) electrons. The summed E-state index contributed by atoms with van der Waals surface area (Å²) in [6.07, 6.45) is 0.